The smallest absolute Gasteiger partial charge is 0.337 e. The number of esters is 2. The summed E-state index contributed by atoms with van der Waals surface area (Å²) in [5.41, 5.74) is 1.38. The van der Waals surface area contributed by atoms with Gasteiger partial charge in [-0.05, 0) is 24.3 Å². The van der Waals surface area contributed by atoms with Crippen molar-refractivity contribution < 1.29 is 24.2 Å². The Kier molecular flexibility index (Phi) is 7.21. The lowest BCUT2D eigenvalue weighted by Gasteiger charge is -1.99. The SMILES string of the molecule is COC(=O)c1ccnc(CO)c1.COC(=O)c1ccncc1. The van der Waals surface area contributed by atoms with Crippen molar-refractivity contribution in [3.8, 4) is 0 Å². The Morgan fingerprint density at radius 2 is 1.55 bits per heavy atom. The first kappa shape index (κ1) is 17.3. The average molecular weight is 304 g/mol. The first-order valence-electron chi connectivity index (χ1n) is 6.24. The molecule has 0 aliphatic carbocycles. The lowest BCUT2D eigenvalue weighted by atomic mass is 10.2. The summed E-state index contributed by atoms with van der Waals surface area (Å²) in [6.07, 6.45) is 4.55. The first-order valence-corrected chi connectivity index (χ1v) is 6.24. The van der Waals surface area contributed by atoms with Crippen LogP contribution in [0.25, 0.3) is 0 Å². The van der Waals surface area contributed by atoms with Crippen molar-refractivity contribution >= 4 is 11.9 Å². The highest BCUT2D eigenvalue weighted by Crippen LogP contribution is 2.02. The number of rotatable bonds is 3. The molecule has 0 aliphatic rings. The summed E-state index contributed by atoms with van der Waals surface area (Å²) < 4.78 is 8.96. The molecule has 116 valence electrons. The van der Waals surface area contributed by atoms with Gasteiger partial charge in [-0.15, -0.1) is 0 Å². The quantitative estimate of drug-likeness (QED) is 0.851. The largest absolute Gasteiger partial charge is 0.465 e. The van der Waals surface area contributed by atoms with E-state index in [2.05, 4.69) is 19.4 Å². The minimum atomic E-state index is -0.424. The van der Waals surface area contributed by atoms with Crippen molar-refractivity contribution in [1.29, 1.82) is 0 Å². The molecular weight excluding hydrogens is 288 g/mol. The molecule has 0 spiro atoms. The van der Waals surface area contributed by atoms with Crippen molar-refractivity contribution in [3.63, 3.8) is 0 Å². The number of aromatic nitrogens is 2. The van der Waals surface area contributed by atoms with E-state index < -0.39 is 5.97 Å². The number of aliphatic hydroxyl groups excluding tert-OH is 1. The number of methoxy groups -OCH3 is 2. The Morgan fingerprint density at radius 3 is 2.09 bits per heavy atom. The van der Waals surface area contributed by atoms with Crippen LogP contribution >= 0.6 is 0 Å². The maximum atomic E-state index is 10.9. The van der Waals surface area contributed by atoms with Crippen LogP contribution in [0.3, 0.4) is 0 Å². The number of nitrogens with zero attached hydrogens (tertiary/aromatic N) is 2. The Hall–Kier alpha value is -2.80. The molecule has 7 heteroatoms. The zero-order valence-corrected chi connectivity index (χ0v) is 12.2. The van der Waals surface area contributed by atoms with E-state index in [1.807, 2.05) is 0 Å². The molecule has 2 heterocycles. The molecule has 0 unspecified atom stereocenters. The molecule has 0 aromatic carbocycles. The molecule has 2 aromatic heterocycles. The molecule has 0 saturated carbocycles. The van der Waals surface area contributed by atoms with Gasteiger partial charge in [-0.3, -0.25) is 9.97 Å². The Labute approximate surface area is 127 Å². The monoisotopic (exact) mass is 304 g/mol. The molecule has 22 heavy (non-hydrogen) atoms. The maximum absolute atomic E-state index is 10.9. The van der Waals surface area contributed by atoms with Gasteiger partial charge in [0.1, 0.15) is 0 Å². The molecule has 7 nitrogen and oxygen atoms in total. The number of aliphatic hydroxyl groups is 1. The third-order valence-electron chi connectivity index (χ3n) is 2.50. The fourth-order valence-corrected chi connectivity index (χ4v) is 1.42. The summed E-state index contributed by atoms with van der Waals surface area (Å²) >= 11 is 0. The molecule has 0 amide bonds. The van der Waals surface area contributed by atoms with Crippen molar-refractivity contribution in [2.45, 2.75) is 6.61 Å². The molecule has 1 N–H and O–H groups in total. The van der Waals surface area contributed by atoms with Crippen LogP contribution < -0.4 is 0 Å². The normalized spacial score (nSPS) is 9.23. The molecule has 0 aliphatic heterocycles. The van der Waals surface area contributed by atoms with Crippen molar-refractivity contribution in [2.24, 2.45) is 0 Å². The van der Waals surface area contributed by atoms with Crippen LogP contribution in [0.2, 0.25) is 0 Å². The number of carbonyl (C=O) groups excluding carboxylic acids is 2. The Balaban J connectivity index is 0.000000224. The van der Waals surface area contributed by atoms with Crippen LogP contribution in [-0.2, 0) is 16.1 Å². The highest BCUT2D eigenvalue weighted by molar-refractivity contribution is 5.89. The molecule has 0 bridgehead atoms. The van der Waals surface area contributed by atoms with Crippen LogP contribution in [0.15, 0.2) is 42.9 Å². The first-order chi connectivity index (χ1) is 10.6. The van der Waals surface area contributed by atoms with E-state index in [1.165, 1.54) is 32.5 Å². The van der Waals surface area contributed by atoms with E-state index in [4.69, 9.17) is 5.11 Å². The zero-order valence-electron chi connectivity index (χ0n) is 12.2. The summed E-state index contributed by atoms with van der Waals surface area (Å²) in [7, 11) is 2.66. The molecule has 0 fully saturated rings. The van der Waals surface area contributed by atoms with Gasteiger partial charge < -0.3 is 14.6 Å². The summed E-state index contributed by atoms with van der Waals surface area (Å²) in [5, 5.41) is 8.70. The fraction of sp³-hybridized carbons (Fsp3) is 0.200. The maximum Gasteiger partial charge on any atom is 0.337 e. The molecule has 0 atom stereocenters. The second-order valence-electron chi connectivity index (χ2n) is 3.91. The lowest BCUT2D eigenvalue weighted by Crippen LogP contribution is -2.02. The fourth-order valence-electron chi connectivity index (χ4n) is 1.42. The van der Waals surface area contributed by atoms with Gasteiger partial charge in [0.15, 0.2) is 0 Å². The van der Waals surface area contributed by atoms with Crippen LogP contribution in [-0.4, -0.2) is 41.2 Å². The number of pyridine rings is 2. The summed E-state index contributed by atoms with van der Waals surface area (Å²) in [6.45, 7) is -0.176. The minimum absolute atomic E-state index is 0.176. The van der Waals surface area contributed by atoms with E-state index in [9.17, 15) is 9.59 Å². The minimum Gasteiger partial charge on any atom is -0.465 e. The number of hydrogen-bond donors (Lipinski definition) is 1. The van der Waals surface area contributed by atoms with Crippen molar-refractivity contribution in [1.82, 2.24) is 9.97 Å². The summed E-state index contributed by atoms with van der Waals surface area (Å²) in [5.74, 6) is -0.755. The van der Waals surface area contributed by atoms with Gasteiger partial charge in [-0.1, -0.05) is 0 Å². The van der Waals surface area contributed by atoms with Gasteiger partial charge in [-0.25, -0.2) is 9.59 Å². The average Bonchev–Trinajstić information content (AvgIpc) is 2.61. The zero-order chi connectivity index (χ0) is 16.4. The Bertz CT molecular complexity index is 616. The van der Waals surface area contributed by atoms with Crippen molar-refractivity contribution in [2.75, 3.05) is 14.2 Å². The second-order valence-corrected chi connectivity index (χ2v) is 3.91. The highest BCUT2D eigenvalue weighted by atomic mass is 16.5. The topological polar surface area (TPSA) is 98.6 Å². The van der Waals surface area contributed by atoms with Gasteiger partial charge in [0.25, 0.3) is 0 Å². The van der Waals surface area contributed by atoms with E-state index in [0.29, 0.717) is 16.8 Å². The van der Waals surface area contributed by atoms with E-state index >= 15 is 0 Å². The van der Waals surface area contributed by atoms with E-state index in [-0.39, 0.29) is 12.6 Å². The number of carbonyl (C=O) groups is 2. The van der Waals surface area contributed by atoms with Crippen molar-refractivity contribution in [3.05, 3.63) is 59.7 Å². The number of ether oxygens (including phenoxy) is 2. The molecule has 0 radical (unpaired) electrons. The van der Waals surface area contributed by atoms with Gasteiger partial charge >= 0.3 is 11.9 Å². The summed E-state index contributed by atoms with van der Waals surface area (Å²) in [6, 6.07) is 6.23. The summed E-state index contributed by atoms with van der Waals surface area (Å²) in [4.78, 5) is 29.3. The number of hydrogen-bond acceptors (Lipinski definition) is 7. The second kappa shape index (κ2) is 9.19. The van der Waals surface area contributed by atoms with Gasteiger partial charge in [0.05, 0.1) is 37.6 Å². The van der Waals surface area contributed by atoms with Crippen LogP contribution in [0.5, 0.6) is 0 Å². The van der Waals surface area contributed by atoms with Gasteiger partial charge in [0, 0.05) is 18.6 Å². The van der Waals surface area contributed by atoms with Gasteiger partial charge in [0.2, 0.25) is 0 Å². The standard InChI is InChI=1S/C8H9NO3.C7H7NO2/c1-12-8(11)6-2-3-9-7(4-6)5-10;1-10-7(9)6-2-4-8-5-3-6/h2-4,10H,5H2,1H3;2-5H,1H3. The van der Waals surface area contributed by atoms with E-state index in [1.54, 1.807) is 24.5 Å². The predicted molar refractivity (Wildman–Crippen MR) is 77.1 cm³/mol. The van der Waals surface area contributed by atoms with Gasteiger partial charge in [-0.2, -0.15) is 0 Å². The van der Waals surface area contributed by atoms with Crippen LogP contribution in [0.1, 0.15) is 26.4 Å². The van der Waals surface area contributed by atoms with Crippen LogP contribution in [0, 0.1) is 0 Å². The third-order valence-corrected chi connectivity index (χ3v) is 2.50. The Morgan fingerprint density at radius 1 is 1.00 bits per heavy atom. The molecular formula is C15H16N2O5. The van der Waals surface area contributed by atoms with E-state index in [0.717, 1.165) is 0 Å². The molecule has 2 rings (SSSR count). The third kappa shape index (κ3) is 5.29. The van der Waals surface area contributed by atoms with Crippen LogP contribution in [0.4, 0.5) is 0 Å². The predicted octanol–water partition coefficient (Wildman–Crippen LogP) is 1.23. The lowest BCUT2D eigenvalue weighted by molar-refractivity contribution is 0.0591. The molecule has 2 aromatic rings. The molecule has 0 saturated heterocycles. The highest BCUT2D eigenvalue weighted by Gasteiger charge is 2.05.